The first-order valence-corrected chi connectivity index (χ1v) is 11.3. The molecule has 1 fully saturated rings. The Morgan fingerprint density at radius 3 is 2.79 bits per heavy atom. The summed E-state index contributed by atoms with van der Waals surface area (Å²) in [4.78, 5) is 40.7. The molecule has 33 heavy (non-hydrogen) atoms. The predicted molar refractivity (Wildman–Crippen MR) is 122 cm³/mol. The fourth-order valence-corrected chi connectivity index (χ4v) is 3.99. The van der Waals surface area contributed by atoms with Gasteiger partial charge >= 0.3 is 0 Å². The number of hydrogen-bond acceptors (Lipinski definition) is 6. The molecule has 1 aromatic heterocycles. The van der Waals surface area contributed by atoms with Gasteiger partial charge in [0, 0.05) is 44.2 Å². The number of nitrogens with two attached hydrogens (primary N) is 1. The van der Waals surface area contributed by atoms with E-state index in [0.29, 0.717) is 37.6 Å². The van der Waals surface area contributed by atoms with Gasteiger partial charge in [0.1, 0.15) is 5.75 Å². The number of ether oxygens (including phenoxy) is 1. The van der Waals surface area contributed by atoms with E-state index in [9.17, 15) is 14.4 Å². The van der Waals surface area contributed by atoms with E-state index in [1.165, 1.54) is 0 Å². The van der Waals surface area contributed by atoms with E-state index in [1.807, 2.05) is 32.0 Å². The first-order valence-electron chi connectivity index (χ1n) is 11.3. The van der Waals surface area contributed by atoms with Crippen LogP contribution in [0.2, 0.25) is 0 Å². The third-order valence-corrected chi connectivity index (χ3v) is 5.73. The van der Waals surface area contributed by atoms with E-state index in [0.717, 1.165) is 12.0 Å². The lowest BCUT2D eigenvalue weighted by Gasteiger charge is -2.32. The SMILES string of the molecule is COc1cccc(-c2cc(C(=O)N(CCC(=O)N3CCCC(C(N)=O)C3)CC(C)C)no2)c1. The van der Waals surface area contributed by atoms with Gasteiger partial charge in [0.25, 0.3) is 5.91 Å². The molecular formula is C24H32N4O5. The van der Waals surface area contributed by atoms with Gasteiger partial charge in [0.2, 0.25) is 11.8 Å². The molecule has 9 nitrogen and oxygen atoms in total. The zero-order valence-electron chi connectivity index (χ0n) is 19.5. The van der Waals surface area contributed by atoms with Gasteiger partial charge in [-0.15, -0.1) is 0 Å². The Morgan fingerprint density at radius 1 is 1.30 bits per heavy atom. The van der Waals surface area contributed by atoms with Crippen LogP contribution in [-0.2, 0) is 9.59 Å². The fourth-order valence-electron chi connectivity index (χ4n) is 3.99. The van der Waals surface area contributed by atoms with Crippen LogP contribution < -0.4 is 10.5 Å². The smallest absolute Gasteiger partial charge is 0.276 e. The molecule has 0 saturated carbocycles. The standard InChI is InChI=1S/C24H32N4O5/c1-16(2)14-28(11-9-22(29)27-10-5-7-18(15-27)23(25)30)24(31)20-13-21(33-26-20)17-6-4-8-19(12-17)32-3/h4,6,8,12-13,16,18H,5,7,9-11,14-15H2,1-3H3,(H2,25,30). The number of methoxy groups -OCH3 is 1. The molecule has 0 spiro atoms. The molecule has 3 amide bonds. The molecule has 0 bridgehead atoms. The molecule has 178 valence electrons. The summed E-state index contributed by atoms with van der Waals surface area (Å²) >= 11 is 0. The van der Waals surface area contributed by atoms with Gasteiger partial charge in [-0.05, 0) is 30.9 Å². The molecule has 1 aliphatic heterocycles. The molecule has 1 aliphatic rings. The number of nitrogens with zero attached hydrogens (tertiary/aromatic N) is 3. The molecule has 0 aliphatic carbocycles. The third kappa shape index (κ3) is 6.34. The Morgan fingerprint density at radius 2 is 2.09 bits per heavy atom. The molecular weight excluding hydrogens is 424 g/mol. The summed E-state index contributed by atoms with van der Waals surface area (Å²) in [5.74, 6) is 0.297. The highest BCUT2D eigenvalue weighted by Gasteiger charge is 2.28. The lowest BCUT2D eigenvalue weighted by molar-refractivity contribution is -0.135. The summed E-state index contributed by atoms with van der Waals surface area (Å²) in [6.07, 6.45) is 1.63. The van der Waals surface area contributed by atoms with E-state index in [-0.39, 0.29) is 48.2 Å². The summed E-state index contributed by atoms with van der Waals surface area (Å²) in [7, 11) is 1.58. The van der Waals surface area contributed by atoms with Crippen molar-refractivity contribution in [3.8, 4) is 17.1 Å². The Hall–Kier alpha value is -3.36. The van der Waals surface area contributed by atoms with Crippen LogP contribution in [-0.4, -0.2) is 66.0 Å². The van der Waals surface area contributed by atoms with Crippen molar-refractivity contribution in [2.75, 3.05) is 33.3 Å². The first kappa shape index (κ1) is 24.3. The number of primary amides is 1. The van der Waals surface area contributed by atoms with Gasteiger partial charge in [-0.25, -0.2) is 0 Å². The van der Waals surface area contributed by atoms with Crippen LogP contribution in [0.5, 0.6) is 5.75 Å². The highest BCUT2D eigenvalue weighted by molar-refractivity contribution is 5.93. The van der Waals surface area contributed by atoms with Gasteiger partial charge in [-0.1, -0.05) is 31.1 Å². The van der Waals surface area contributed by atoms with Crippen molar-refractivity contribution >= 4 is 17.7 Å². The number of amides is 3. The van der Waals surface area contributed by atoms with Crippen molar-refractivity contribution < 1.29 is 23.6 Å². The lowest BCUT2D eigenvalue weighted by Crippen LogP contribution is -2.45. The maximum atomic E-state index is 13.2. The Balaban J connectivity index is 1.67. The topological polar surface area (TPSA) is 119 Å². The quantitative estimate of drug-likeness (QED) is 0.619. The lowest BCUT2D eigenvalue weighted by atomic mass is 9.97. The van der Waals surface area contributed by atoms with Crippen LogP contribution in [0.15, 0.2) is 34.9 Å². The minimum Gasteiger partial charge on any atom is -0.497 e. The summed E-state index contributed by atoms with van der Waals surface area (Å²) in [6, 6.07) is 8.91. The summed E-state index contributed by atoms with van der Waals surface area (Å²) in [5, 5.41) is 3.97. The van der Waals surface area contributed by atoms with Crippen LogP contribution in [0.3, 0.4) is 0 Å². The van der Waals surface area contributed by atoms with Crippen molar-refractivity contribution in [3.05, 3.63) is 36.0 Å². The van der Waals surface area contributed by atoms with Crippen molar-refractivity contribution in [1.29, 1.82) is 0 Å². The number of carbonyl (C=O) groups is 3. The van der Waals surface area contributed by atoms with Gasteiger partial charge in [-0.2, -0.15) is 0 Å². The maximum absolute atomic E-state index is 13.2. The van der Waals surface area contributed by atoms with E-state index < -0.39 is 0 Å². The minimum absolute atomic E-state index is 0.0836. The third-order valence-electron chi connectivity index (χ3n) is 5.73. The highest BCUT2D eigenvalue weighted by Crippen LogP contribution is 2.25. The number of aromatic nitrogens is 1. The largest absolute Gasteiger partial charge is 0.497 e. The summed E-state index contributed by atoms with van der Waals surface area (Å²) in [6.45, 7) is 5.71. The predicted octanol–water partition coefficient (Wildman–Crippen LogP) is 2.56. The molecule has 2 N–H and O–H groups in total. The number of rotatable bonds is 9. The van der Waals surface area contributed by atoms with Crippen molar-refractivity contribution in [2.45, 2.75) is 33.1 Å². The van der Waals surface area contributed by atoms with Crippen molar-refractivity contribution in [3.63, 3.8) is 0 Å². The zero-order valence-corrected chi connectivity index (χ0v) is 19.5. The van der Waals surface area contributed by atoms with E-state index in [4.69, 9.17) is 15.0 Å². The Bertz CT molecular complexity index is 987. The van der Waals surface area contributed by atoms with Crippen molar-refractivity contribution in [1.82, 2.24) is 15.0 Å². The zero-order chi connectivity index (χ0) is 24.0. The van der Waals surface area contributed by atoms with Crippen LogP contribution in [0.4, 0.5) is 0 Å². The molecule has 0 radical (unpaired) electrons. The normalized spacial score (nSPS) is 16.0. The number of benzene rings is 1. The second-order valence-electron chi connectivity index (χ2n) is 8.78. The number of piperidine rings is 1. The van der Waals surface area contributed by atoms with Crippen LogP contribution in [0, 0.1) is 11.8 Å². The van der Waals surface area contributed by atoms with Gasteiger partial charge in [0.15, 0.2) is 11.5 Å². The molecule has 1 unspecified atom stereocenters. The monoisotopic (exact) mass is 456 g/mol. The minimum atomic E-state index is -0.373. The number of likely N-dealkylation sites (tertiary alicyclic amines) is 1. The van der Waals surface area contributed by atoms with Gasteiger partial charge < -0.3 is 24.8 Å². The molecule has 1 aromatic carbocycles. The average molecular weight is 457 g/mol. The Labute approximate surface area is 193 Å². The van der Waals surface area contributed by atoms with E-state index >= 15 is 0 Å². The van der Waals surface area contributed by atoms with Gasteiger partial charge in [-0.3, -0.25) is 14.4 Å². The molecule has 2 aromatic rings. The van der Waals surface area contributed by atoms with Crippen LogP contribution >= 0.6 is 0 Å². The van der Waals surface area contributed by atoms with Gasteiger partial charge in [0.05, 0.1) is 13.0 Å². The number of hydrogen-bond donors (Lipinski definition) is 1. The molecule has 9 heteroatoms. The first-order chi connectivity index (χ1) is 15.8. The maximum Gasteiger partial charge on any atom is 0.276 e. The summed E-state index contributed by atoms with van der Waals surface area (Å²) in [5.41, 5.74) is 6.36. The van der Waals surface area contributed by atoms with E-state index in [2.05, 4.69) is 5.16 Å². The molecule has 2 heterocycles. The average Bonchev–Trinajstić information content (AvgIpc) is 3.31. The van der Waals surface area contributed by atoms with Crippen LogP contribution in [0.25, 0.3) is 11.3 Å². The molecule has 1 atom stereocenters. The highest BCUT2D eigenvalue weighted by atomic mass is 16.5. The fraction of sp³-hybridized carbons (Fsp3) is 0.500. The van der Waals surface area contributed by atoms with E-state index in [1.54, 1.807) is 29.0 Å². The summed E-state index contributed by atoms with van der Waals surface area (Å²) < 4.78 is 10.6. The Kier molecular flexibility index (Phi) is 8.08. The molecule has 3 rings (SSSR count). The number of carbonyl (C=O) groups excluding carboxylic acids is 3. The second kappa shape index (κ2) is 11.0. The van der Waals surface area contributed by atoms with Crippen LogP contribution in [0.1, 0.15) is 43.6 Å². The van der Waals surface area contributed by atoms with Crippen molar-refractivity contribution in [2.24, 2.45) is 17.6 Å². The second-order valence-corrected chi connectivity index (χ2v) is 8.78. The molecule has 1 saturated heterocycles.